The molecule has 1 aromatic carbocycles. The van der Waals surface area contributed by atoms with Crippen LogP contribution in [0.2, 0.25) is 0 Å². The van der Waals surface area contributed by atoms with E-state index in [2.05, 4.69) is 26.2 Å². The van der Waals surface area contributed by atoms with Crippen LogP contribution in [-0.4, -0.2) is 19.9 Å². The Bertz CT molecular complexity index is 594. The minimum atomic E-state index is -0.399. The minimum absolute atomic E-state index is 0.0800. The lowest BCUT2D eigenvalue weighted by molar-refractivity contribution is -0.385. The highest BCUT2D eigenvalue weighted by atomic mass is 79.9. The molecule has 0 saturated carbocycles. The normalized spacial score (nSPS) is 12.4. The van der Waals surface area contributed by atoms with Crippen LogP contribution in [-0.2, 0) is 0 Å². The lowest BCUT2D eigenvalue weighted by atomic mass is 10.1. The first-order chi connectivity index (χ1) is 8.50. The van der Waals surface area contributed by atoms with Gasteiger partial charge < -0.3 is 0 Å². The van der Waals surface area contributed by atoms with E-state index in [-0.39, 0.29) is 10.5 Å². The molecular weight excluding hydrogens is 300 g/mol. The highest BCUT2D eigenvalue weighted by Crippen LogP contribution is 2.25. The molecule has 0 N–H and O–H groups in total. The van der Waals surface area contributed by atoms with Gasteiger partial charge in [-0.3, -0.25) is 10.1 Å². The summed E-state index contributed by atoms with van der Waals surface area (Å²) in [6.07, 6.45) is 1.76. The van der Waals surface area contributed by atoms with Gasteiger partial charge in [0, 0.05) is 6.07 Å². The van der Waals surface area contributed by atoms with Gasteiger partial charge in [-0.05, 0) is 19.9 Å². The maximum absolute atomic E-state index is 10.9. The number of aromatic nitrogens is 3. The number of hydrogen-bond donors (Lipinski definition) is 0. The largest absolute Gasteiger partial charge is 0.274 e. The molecular formula is C11H11BrN4O2. The third kappa shape index (κ3) is 2.26. The third-order valence-electron chi connectivity index (χ3n) is 2.64. The first kappa shape index (κ1) is 12.7. The van der Waals surface area contributed by atoms with Gasteiger partial charge in [-0.1, -0.05) is 27.2 Å². The second kappa shape index (κ2) is 4.85. The number of nitro groups is 1. The van der Waals surface area contributed by atoms with Crippen molar-refractivity contribution in [1.82, 2.24) is 15.0 Å². The number of nitrogens with zero attached hydrogens (tertiary/aromatic N) is 4. The van der Waals surface area contributed by atoms with Crippen molar-refractivity contribution in [1.29, 1.82) is 0 Å². The van der Waals surface area contributed by atoms with Crippen LogP contribution in [0, 0.1) is 17.0 Å². The Morgan fingerprint density at radius 2 is 2.22 bits per heavy atom. The summed E-state index contributed by atoms with van der Waals surface area (Å²) in [5.41, 5.74) is 2.09. The monoisotopic (exact) mass is 310 g/mol. The van der Waals surface area contributed by atoms with Crippen molar-refractivity contribution < 1.29 is 4.92 Å². The zero-order valence-electron chi connectivity index (χ0n) is 9.87. The number of alkyl halides is 1. The lowest BCUT2D eigenvalue weighted by Gasteiger charge is -2.04. The molecule has 6 nitrogen and oxygen atoms in total. The molecule has 1 unspecified atom stereocenters. The molecule has 18 heavy (non-hydrogen) atoms. The molecule has 1 atom stereocenters. The molecule has 0 aliphatic carbocycles. The van der Waals surface area contributed by atoms with Crippen LogP contribution in [0.3, 0.4) is 0 Å². The van der Waals surface area contributed by atoms with Crippen molar-refractivity contribution in [3.63, 3.8) is 0 Å². The Hall–Kier alpha value is -1.76. The Balaban J connectivity index is 2.50. The molecule has 94 valence electrons. The van der Waals surface area contributed by atoms with Gasteiger partial charge in [0.05, 0.1) is 32.9 Å². The molecule has 2 aromatic rings. The molecule has 1 heterocycles. The summed E-state index contributed by atoms with van der Waals surface area (Å²) in [6.45, 7) is 3.64. The fraction of sp³-hybridized carbons (Fsp3) is 0.273. The maximum Gasteiger partial charge on any atom is 0.274 e. The number of rotatable bonds is 3. The van der Waals surface area contributed by atoms with Crippen molar-refractivity contribution in [3.8, 4) is 5.69 Å². The molecule has 0 radical (unpaired) electrons. The van der Waals surface area contributed by atoms with E-state index in [1.54, 1.807) is 29.9 Å². The van der Waals surface area contributed by atoms with Crippen molar-refractivity contribution in [2.75, 3.05) is 0 Å². The molecule has 0 saturated heterocycles. The molecule has 0 amide bonds. The van der Waals surface area contributed by atoms with Gasteiger partial charge in [-0.15, -0.1) is 5.10 Å². The van der Waals surface area contributed by atoms with E-state index in [0.717, 1.165) is 5.69 Å². The summed E-state index contributed by atoms with van der Waals surface area (Å²) < 4.78 is 1.55. The summed E-state index contributed by atoms with van der Waals surface area (Å²) in [6, 6.07) is 4.89. The van der Waals surface area contributed by atoms with Crippen LogP contribution in [0.25, 0.3) is 5.69 Å². The van der Waals surface area contributed by atoms with Crippen molar-refractivity contribution >= 4 is 21.6 Å². The molecule has 1 aromatic heterocycles. The Morgan fingerprint density at radius 1 is 1.50 bits per heavy atom. The van der Waals surface area contributed by atoms with Crippen molar-refractivity contribution in [3.05, 3.63) is 45.8 Å². The quantitative estimate of drug-likeness (QED) is 0.496. The average Bonchev–Trinajstić information content (AvgIpc) is 2.78. The van der Waals surface area contributed by atoms with Crippen molar-refractivity contribution in [2.45, 2.75) is 18.7 Å². The van der Waals surface area contributed by atoms with Gasteiger partial charge in [0.2, 0.25) is 0 Å². The summed E-state index contributed by atoms with van der Waals surface area (Å²) >= 11 is 3.40. The number of benzene rings is 1. The van der Waals surface area contributed by atoms with Crippen LogP contribution in [0.5, 0.6) is 0 Å². The van der Waals surface area contributed by atoms with E-state index in [1.165, 1.54) is 6.07 Å². The molecule has 0 spiro atoms. The molecule has 0 aliphatic rings. The second-order valence-electron chi connectivity index (χ2n) is 3.88. The third-order valence-corrected chi connectivity index (χ3v) is 3.11. The number of hydrogen-bond acceptors (Lipinski definition) is 4. The van der Waals surface area contributed by atoms with E-state index < -0.39 is 4.92 Å². The highest BCUT2D eigenvalue weighted by molar-refractivity contribution is 9.09. The highest BCUT2D eigenvalue weighted by Gasteiger charge is 2.16. The smallest absolute Gasteiger partial charge is 0.258 e. The first-order valence-corrected chi connectivity index (χ1v) is 6.23. The summed E-state index contributed by atoms with van der Waals surface area (Å²) in [5.74, 6) is 0. The summed E-state index contributed by atoms with van der Waals surface area (Å²) in [4.78, 5) is 10.6. The fourth-order valence-corrected chi connectivity index (χ4v) is 1.84. The Labute approximate surface area is 112 Å². The maximum atomic E-state index is 10.9. The average molecular weight is 311 g/mol. The fourth-order valence-electron chi connectivity index (χ4n) is 1.63. The molecule has 7 heteroatoms. The van der Waals surface area contributed by atoms with Crippen LogP contribution in [0.4, 0.5) is 5.69 Å². The molecule has 2 rings (SSSR count). The molecule has 0 aliphatic heterocycles. The number of nitro benzene ring substituents is 1. The van der Waals surface area contributed by atoms with Gasteiger partial charge >= 0.3 is 0 Å². The topological polar surface area (TPSA) is 73.8 Å². The Kier molecular flexibility index (Phi) is 3.42. The van der Waals surface area contributed by atoms with E-state index in [1.807, 2.05) is 6.92 Å². The van der Waals surface area contributed by atoms with Crippen LogP contribution in [0.1, 0.15) is 23.0 Å². The first-order valence-electron chi connectivity index (χ1n) is 5.31. The van der Waals surface area contributed by atoms with E-state index >= 15 is 0 Å². The van der Waals surface area contributed by atoms with Gasteiger partial charge in [-0.25, -0.2) is 4.68 Å². The van der Waals surface area contributed by atoms with Gasteiger partial charge in [0.15, 0.2) is 0 Å². The predicted molar refractivity (Wildman–Crippen MR) is 70.1 cm³/mol. The van der Waals surface area contributed by atoms with Crippen LogP contribution in [0.15, 0.2) is 24.4 Å². The SMILES string of the molecule is Cc1c(-n2cc(C(C)Br)nn2)cccc1[N+](=O)[O-]. The molecule has 0 bridgehead atoms. The van der Waals surface area contributed by atoms with E-state index in [4.69, 9.17) is 0 Å². The zero-order chi connectivity index (χ0) is 13.3. The summed E-state index contributed by atoms with van der Waals surface area (Å²) in [5, 5.41) is 18.9. The van der Waals surface area contributed by atoms with Crippen molar-refractivity contribution in [2.24, 2.45) is 0 Å². The second-order valence-corrected chi connectivity index (χ2v) is 5.26. The standard InChI is InChI=1S/C11H11BrN4O2/c1-7-10(4-3-5-11(7)16(17)18)15-6-9(8(2)12)13-14-15/h3-6,8H,1-2H3. The van der Waals surface area contributed by atoms with Gasteiger partial charge in [0.25, 0.3) is 5.69 Å². The van der Waals surface area contributed by atoms with Gasteiger partial charge in [-0.2, -0.15) is 0 Å². The Morgan fingerprint density at radius 3 is 2.78 bits per heavy atom. The minimum Gasteiger partial charge on any atom is -0.258 e. The summed E-state index contributed by atoms with van der Waals surface area (Å²) in [7, 11) is 0. The van der Waals surface area contributed by atoms with E-state index in [0.29, 0.717) is 11.3 Å². The zero-order valence-corrected chi connectivity index (χ0v) is 11.5. The van der Waals surface area contributed by atoms with Gasteiger partial charge in [0.1, 0.15) is 0 Å². The number of halogens is 1. The van der Waals surface area contributed by atoms with E-state index in [9.17, 15) is 10.1 Å². The molecule has 0 fully saturated rings. The predicted octanol–water partition coefficient (Wildman–Crippen LogP) is 2.94. The lowest BCUT2D eigenvalue weighted by Crippen LogP contribution is -2.01. The van der Waals surface area contributed by atoms with Crippen LogP contribution < -0.4 is 0 Å². The van der Waals surface area contributed by atoms with Crippen LogP contribution >= 0.6 is 15.9 Å².